The molecule has 6 nitrogen and oxygen atoms in total. The van der Waals surface area contributed by atoms with Crippen LogP contribution >= 0.6 is 11.6 Å². The third kappa shape index (κ3) is 4.16. The Morgan fingerprint density at radius 3 is 2.50 bits per heavy atom. The van der Waals surface area contributed by atoms with Gasteiger partial charge in [-0.05, 0) is 50.2 Å². The molecule has 1 aromatic heterocycles. The lowest BCUT2D eigenvalue weighted by atomic mass is 10.1. The number of rotatable bonds is 4. The zero-order valence-corrected chi connectivity index (χ0v) is 16.5. The van der Waals surface area contributed by atoms with Crippen LogP contribution in [0.5, 0.6) is 5.75 Å². The molecule has 156 valence electrons. The van der Waals surface area contributed by atoms with Gasteiger partial charge in [-0.3, -0.25) is 9.59 Å². The lowest BCUT2D eigenvalue weighted by Gasteiger charge is -2.10. The van der Waals surface area contributed by atoms with Crippen molar-refractivity contribution in [3.8, 4) is 11.4 Å². The number of amides is 1. The van der Waals surface area contributed by atoms with Crippen LogP contribution in [-0.4, -0.2) is 26.6 Å². The number of anilines is 1. The number of phenolic OH excluding ortho intramolecular Hbond substituents is 1. The van der Waals surface area contributed by atoms with Crippen molar-refractivity contribution < 1.29 is 27.9 Å². The minimum absolute atomic E-state index is 0.0496. The molecule has 10 heteroatoms. The summed E-state index contributed by atoms with van der Waals surface area (Å²) in [5.41, 5.74) is -0.512. The van der Waals surface area contributed by atoms with Gasteiger partial charge in [-0.1, -0.05) is 17.7 Å². The number of hydrogen-bond donors (Lipinski definition) is 2. The summed E-state index contributed by atoms with van der Waals surface area (Å²) in [6, 6.07) is 8.39. The standard InChI is InChI=1S/C20H15ClF3N3O3/c1-10-17(18(29)19(30)25-15-9-13(21)6-7-16(15)28)11(2)27(26-10)14-5-3-4-12(8-14)20(22,23)24/h3-9,28H,1-2H3,(H,25,30). The van der Waals surface area contributed by atoms with E-state index in [0.717, 1.165) is 12.1 Å². The van der Waals surface area contributed by atoms with Crippen LogP contribution in [0, 0.1) is 13.8 Å². The summed E-state index contributed by atoms with van der Waals surface area (Å²) in [6.45, 7) is 2.94. The Labute approximate surface area is 173 Å². The molecule has 0 aliphatic heterocycles. The minimum atomic E-state index is -4.54. The van der Waals surface area contributed by atoms with Crippen LogP contribution < -0.4 is 5.32 Å². The number of halogens is 4. The molecule has 0 atom stereocenters. The molecule has 1 amide bonds. The maximum Gasteiger partial charge on any atom is 0.416 e. The van der Waals surface area contributed by atoms with Gasteiger partial charge in [-0.2, -0.15) is 18.3 Å². The lowest BCUT2D eigenvalue weighted by molar-refractivity contribution is -0.137. The van der Waals surface area contributed by atoms with Crippen molar-refractivity contribution in [3.05, 3.63) is 70.0 Å². The highest BCUT2D eigenvalue weighted by Crippen LogP contribution is 2.31. The molecule has 3 rings (SSSR count). The number of ketones is 1. The number of phenols is 1. The lowest BCUT2D eigenvalue weighted by Crippen LogP contribution is -2.24. The topological polar surface area (TPSA) is 84.2 Å². The maximum atomic E-state index is 13.0. The SMILES string of the molecule is Cc1nn(-c2cccc(C(F)(F)F)c2)c(C)c1C(=O)C(=O)Nc1cc(Cl)ccc1O. The second-order valence-electron chi connectivity index (χ2n) is 6.45. The van der Waals surface area contributed by atoms with E-state index in [2.05, 4.69) is 10.4 Å². The van der Waals surface area contributed by atoms with Crippen molar-refractivity contribution in [1.29, 1.82) is 0 Å². The van der Waals surface area contributed by atoms with Crippen molar-refractivity contribution in [2.45, 2.75) is 20.0 Å². The van der Waals surface area contributed by atoms with Gasteiger partial charge in [0.15, 0.2) is 0 Å². The predicted octanol–water partition coefficient (Wildman–Crippen LogP) is 4.69. The van der Waals surface area contributed by atoms with Crippen LogP contribution in [0.4, 0.5) is 18.9 Å². The van der Waals surface area contributed by atoms with Gasteiger partial charge in [0.05, 0.1) is 33.9 Å². The van der Waals surface area contributed by atoms with Crippen molar-refractivity contribution in [2.24, 2.45) is 0 Å². The second kappa shape index (κ2) is 7.83. The van der Waals surface area contributed by atoms with Gasteiger partial charge in [0.25, 0.3) is 11.7 Å². The fourth-order valence-corrected chi connectivity index (χ4v) is 3.11. The first-order valence-electron chi connectivity index (χ1n) is 8.57. The summed E-state index contributed by atoms with van der Waals surface area (Å²) in [4.78, 5) is 25.1. The third-order valence-electron chi connectivity index (χ3n) is 4.35. The second-order valence-corrected chi connectivity index (χ2v) is 6.89. The molecule has 0 saturated heterocycles. The molecule has 1 heterocycles. The van der Waals surface area contributed by atoms with Gasteiger partial charge in [0, 0.05) is 5.02 Å². The fraction of sp³-hybridized carbons (Fsp3) is 0.150. The van der Waals surface area contributed by atoms with Crippen LogP contribution in [0.2, 0.25) is 5.02 Å². The number of aryl methyl sites for hydroxylation is 1. The average molecular weight is 438 g/mol. The Balaban J connectivity index is 1.95. The van der Waals surface area contributed by atoms with E-state index < -0.39 is 23.4 Å². The van der Waals surface area contributed by atoms with Gasteiger partial charge < -0.3 is 10.4 Å². The monoisotopic (exact) mass is 437 g/mol. The van der Waals surface area contributed by atoms with Crippen LogP contribution in [0.25, 0.3) is 5.69 Å². The first-order valence-corrected chi connectivity index (χ1v) is 8.95. The first-order chi connectivity index (χ1) is 14.0. The fourth-order valence-electron chi connectivity index (χ4n) is 2.94. The number of hydrogen-bond acceptors (Lipinski definition) is 4. The van der Waals surface area contributed by atoms with Gasteiger partial charge in [-0.25, -0.2) is 4.68 Å². The number of benzene rings is 2. The maximum absolute atomic E-state index is 13.0. The van der Waals surface area contributed by atoms with Crippen LogP contribution in [0.3, 0.4) is 0 Å². The van der Waals surface area contributed by atoms with E-state index in [0.29, 0.717) is 0 Å². The smallest absolute Gasteiger partial charge is 0.416 e. The summed E-state index contributed by atoms with van der Waals surface area (Å²) in [6.07, 6.45) is -4.54. The number of aromatic hydroxyl groups is 1. The van der Waals surface area contributed by atoms with Crippen molar-refractivity contribution in [2.75, 3.05) is 5.32 Å². The molecule has 0 saturated carbocycles. The van der Waals surface area contributed by atoms with E-state index >= 15 is 0 Å². The Hall–Kier alpha value is -3.33. The largest absolute Gasteiger partial charge is 0.506 e. The highest BCUT2D eigenvalue weighted by molar-refractivity contribution is 6.47. The van der Waals surface area contributed by atoms with Crippen molar-refractivity contribution in [1.82, 2.24) is 9.78 Å². The van der Waals surface area contributed by atoms with Crippen LogP contribution in [0.1, 0.15) is 27.3 Å². The van der Waals surface area contributed by atoms with Gasteiger partial charge in [0.2, 0.25) is 0 Å². The number of Topliss-reactive ketones (excluding diaryl/α,β-unsaturated/α-hetero) is 1. The molecule has 0 bridgehead atoms. The molecule has 2 aromatic carbocycles. The number of carbonyl (C=O) groups is 2. The van der Waals surface area contributed by atoms with E-state index in [9.17, 15) is 27.9 Å². The van der Waals surface area contributed by atoms with Crippen LogP contribution in [-0.2, 0) is 11.0 Å². The quantitative estimate of drug-likeness (QED) is 0.352. The number of nitrogens with zero attached hydrogens (tertiary/aromatic N) is 2. The molecule has 0 spiro atoms. The molecular weight excluding hydrogens is 423 g/mol. The highest BCUT2D eigenvalue weighted by atomic mass is 35.5. The normalized spacial score (nSPS) is 11.4. The number of aromatic nitrogens is 2. The molecule has 0 aliphatic carbocycles. The summed E-state index contributed by atoms with van der Waals surface area (Å²) in [7, 11) is 0. The summed E-state index contributed by atoms with van der Waals surface area (Å²) in [5, 5.41) is 16.4. The first kappa shape index (κ1) is 21.4. The molecule has 2 N–H and O–H groups in total. The molecule has 3 aromatic rings. The van der Waals surface area contributed by atoms with Gasteiger partial charge in [-0.15, -0.1) is 0 Å². The predicted molar refractivity (Wildman–Crippen MR) is 104 cm³/mol. The van der Waals surface area contributed by atoms with Crippen molar-refractivity contribution in [3.63, 3.8) is 0 Å². The molecular formula is C20H15ClF3N3O3. The molecule has 0 fully saturated rings. The van der Waals surface area contributed by atoms with E-state index in [1.807, 2.05) is 0 Å². The molecule has 0 radical (unpaired) electrons. The van der Waals surface area contributed by atoms with Crippen molar-refractivity contribution >= 4 is 29.0 Å². The summed E-state index contributed by atoms with van der Waals surface area (Å²) < 4.78 is 40.2. The minimum Gasteiger partial charge on any atom is -0.506 e. The number of alkyl halides is 3. The summed E-state index contributed by atoms with van der Waals surface area (Å²) in [5.74, 6) is -2.29. The molecule has 0 unspecified atom stereocenters. The Kier molecular flexibility index (Phi) is 5.58. The zero-order valence-electron chi connectivity index (χ0n) is 15.7. The Morgan fingerprint density at radius 1 is 1.13 bits per heavy atom. The molecule has 0 aliphatic rings. The van der Waals surface area contributed by atoms with Gasteiger partial charge in [0.1, 0.15) is 5.75 Å². The number of nitrogens with one attached hydrogen (secondary N) is 1. The van der Waals surface area contributed by atoms with E-state index in [1.165, 1.54) is 48.9 Å². The average Bonchev–Trinajstić information content (AvgIpc) is 2.97. The van der Waals surface area contributed by atoms with Gasteiger partial charge >= 0.3 is 6.18 Å². The highest BCUT2D eigenvalue weighted by Gasteiger charge is 2.31. The van der Waals surface area contributed by atoms with E-state index in [1.54, 1.807) is 0 Å². The number of carbonyl (C=O) groups excluding carboxylic acids is 2. The summed E-state index contributed by atoms with van der Waals surface area (Å²) >= 11 is 5.82. The Morgan fingerprint density at radius 2 is 1.83 bits per heavy atom. The van der Waals surface area contributed by atoms with E-state index in [-0.39, 0.29) is 39.1 Å². The zero-order chi connectivity index (χ0) is 22.2. The Bertz CT molecular complexity index is 1160. The van der Waals surface area contributed by atoms with Crippen LogP contribution in [0.15, 0.2) is 42.5 Å². The molecule has 30 heavy (non-hydrogen) atoms. The van der Waals surface area contributed by atoms with E-state index in [4.69, 9.17) is 11.6 Å². The third-order valence-corrected chi connectivity index (χ3v) is 4.58.